The van der Waals surface area contributed by atoms with E-state index in [9.17, 15) is 4.79 Å². The lowest BCUT2D eigenvalue weighted by molar-refractivity contribution is 0.0966. The standard InChI is InChI=1S/C17H14O2/c1-12(17(18)13-5-3-2-4-6-13)14-7-8-16-15(11-14)9-10-19-16/h2-12H,1H3. The van der Waals surface area contributed by atoms with Crippen molar-refractivity contribution in [3.63, 3.8) is 0 Å². The Labute approximate surface area is 111 Å². The summed E-state index contributed by atoms with van der Waals surface area (Å²) in [6.45, 7) is 1.94. The van der Waals surface area contributed by atoms with Crippen LogP contribution in [0.5, 0.6) is 0 Å². The van der Waals surface area contributed by atoms with Crippen molar-refractivity contribution in [1.29, 1.82) is 0 Å². The molecular formula is C17H14O2. The van der Waals surface area contributed by atoms with Crippen LogP contribution in [0.2, 0.25) is 0 Å². The summed E-state index contributed by atoms with van der Waals surface area (Å²) in [6.07, 6.45) is 1.66. The summed E-state index contributed by atoms with van der Waals surface area (Å²) >= 11 is 0. The highest BCUT2D eigenvalue weighted by molar-refractivity contribution is 6.01. The molecule has 0 aliphatic carbocycles. The van der Waals surface area contributed by atoms with Gasteiger partial charge in [-0.2, -0.15) is 0 Å². The zero-order chi connectivity index (χ0) is 13.2. The van der Waals surface area contributed by atoms with Crippen molar-refractivity contribution >= 4 is 16.8 Å². The van der Waals surface area contributed by atoms with E-state index in [1.165, 1.54) is 0 Å². The summed E-state index contributed by atoms with van der Waals surface area (Å²) in [4.78, 5) is 12.4. The van der Waals surface area contributed by atoms with E-state index < -0.39 is 0 Å². The maximum Gasteiger partial charge on any atom is 0.170 e. The molecule has 0 saturated heterocycles. The number of ketones is 1. The number of furan rings is 1. The van der Waals surface area contributed by atoms with Crippen molar-refractivity contribution in [3.05, 3.63) is 72.0 Å². The quantitative estimate of drug-likeness (QED) is 0.644. The third-order valence-electron chi connectivity index (χ3n) is 3.43. The minimum atomic E-state index is -0.151. The number of hydrogen-bond donors (Lipinski definition) is 0. The van der Waals surface area contributed by atoms with Crippen molar-refractivity contribution in [2.75, 3.05) is 0 Å². The molecule has 1 aromatic heterocycles. The molecule has 2 nitrogen and oxygen atoms in total. The van der Waals surface area contributed by atoms with E-state index in [1.807, 2.05) is 61.5 Å². The van der Waals surface area contributed by atoms with Gasteiger partial charge in [0.2, 0.25) is 0 Å². The first-order valence-corrected chi connectivity index (χ1v) is 6.32. The van der Waals surface area contributed by atoms with Crippen molar-refractivity contribution in [2.24, 2.45) is 0 Å². The van der Waals surface area contributed by atoms with Crippen LogP contribution >= 0.6 is 0 Å². The van der Waals surface area contributed by atoms with Crippen LogP contribution in [-0.2, 0) is 0 Å². The molecule has 1 atom stereocenters. The maximum atomic E-state index is 12.4. The molecule has 0 fully saturated rings. The number of carbonyl (C=O) groups excluding carboxylic acids is 1. The molecule has 0 radical (unpaired) electrons. The summed E-state index contributed by atoms with van der Waals surface area (Å²) in [5.74, 6) is -0.00913. The lowest BCUT2D eigenvalue weighted by Crippen LogP contribution is -2.09. The lowest BCUT2D eigenvalue weighted by Gasteiger charge is -2.11. The first kappa shape index (κ1) is 11.7. The van der Waals surface area contributed by atoms with Crippen LogP contribution in [0.3, 0.4) is 0 Å². The molecule has 3 aromatic rings. The zero-order valence-corrected chi connectivity index (χ0v) is 10.7. The Bertz CT molecular complexity index is 710. The highest BCUT2D eigenvalue weighted by Crippen LogP contribution is 2.25. The summed E-state index contributed by atoms with van der Waals surface area (Å²) in [7, 11) is 0. The van der Waals surface area contributed by atoms with Crippen molar-refractivity contribution in [3.8, 4) is 0 Å². The Morgan fingerprint density at radius 2 is 1.84 bits per heavy atom. The van der Waals surface area contributed by atoms with Gasteiger partial charge in [0.25, 0.3) is 0 Å². The molecule has 3 rings (SSSR count). The second-order valence-corrected chi connectivity index (χ2v) is 4.67. The molecule has 0 N–H and O–H groups in total. The van der Waals surface area contributed by atoms with Gasteiger partial charge in [-0.3, -0.25) is 4.79 Å². The first-order chi connectivity index (χ1) is 9.25. The van der Waals surface area contributed by atoms with Gasteiger partial charge in [-0.25, -0.2) is 0 Å². The van der Waals surface area contributed by atoms with E-state index in [2.05, 4.69) is 0 Å². The van der Waals surface area contributed by atoms with Crippen LogP contribution in [0.25, 0.3) is 11.0 Å². The smallest absolute Gasteiger partial charge is 0.170 e. The van der Waals surface area contributed by atoms with Gasteiger partial charge < -0.3 is 4.42 Å². The fourth-order valence-corrected chi connectivity index (χ4v) is 2.26. The Morgan fingerprint density at radius 3 is 2.63 bits per heavy atom. The van der Waals surface area contributed by atoms with Crippen molar-refractivity contribution in [2.45, 2.75) is 12.8 Å². The summed E-state index contributed by atoms with van der Waals surface area (Å²) in [5, 5.41) is 1.03. The second kappa shape index (κ2) is 4.73. The second-order valence-electron chi connectivity index (χ2n) is 4.67. The monoisotopic (exact) mass is 250 g/mol. The SMILES string of the molecule is CC(C(=O)c1ccccc1)c1ccc2occc2c1. The van der Waals surface area contributed by atoms with Crippen LogP contribution < -0.4 is 0 Å². The van der Waals surface area contributed by atoms with Crippen LogP contribution in [0.15, 0.2) is 65.3 Å². The van der Waals surface area contributed by atoms with Crippen LogP contribution in [-0.4, -0.2) is 5.78 Å². The van der Waals surface area contributed by atoms with Crippen LogP contribution in [0.1, 0.15) is 28.8 Å². The average Bonchev–Trinajstić information content (AvgIpc) is 2.94. The maximum absolute atomic E-state index is 12.4. The van der Waals surface area contributed by atoms with Crippen molar-refractivity contribution in [1.82, 2.24) is 0 Å². The Balaban J connectivity index is 1.94. The summed E-state index contributed by atoms with van der Waals surface area (Å²) in [6, 6.07) is 17.2. The van der Waals surface area contributed by atoms with Crippen LogP contribution in [0, 0.1) is 0 Å². The predicted molar refractivity (Wildman–Crippen MR) is 75.4 cm³/mol. The van der Waals surface area contributed by atoms with Crippen LogP contribution in [0.4, 0.5) is 0 Å². The Kier molecular flexibility index (Phi) is 2.92. The van der Waals surface area contributed by atoms with E-state index in [-0.39, 0.29) is 11.7 Å². The molecule has 0 amide bonds. The topological polar surface area (TPSA) is 30.2 Å². The molecule has 2 heteroatoms. The predicted octanol–water partition coefficient (Wildman–Crippen LogP) is 4.42. The molecule has 0 bridgehead atoms. The zero-order valence-electron chi connectivity index (χ0n) is 10.7. The number of benzene rings is 2. The molecule has 0 aliphatic heterocycles. The van der Waals surface area contributed by atoms with E-state index in [0.717, 1.165) is 22.1 Å². The number of hydrogen-bond acceptors (Lipinski definition) is 2. The molecule has 1 unspecified atom stereocenters. The highest BCUT2D eigenvalue weighted by atomic mass is 16.3. The highest BCUT2D eigenvalue weighted by Gasteiger charge is 2.17. The van der Waals surface area contributed by atoms with Gasteiger partial charge in [0.15, 0.2) is 5.78 Å². The Hall–Kier alpha value is -2.35. The minimum Gasteiger partial charge on any atom is -0.464 e. The molecule has 94 valence electrons. The van der Waals surface area contributed by atoms with Gasteiger partial charge in [0.05, 0.1) is 6.26 Å². The Morgan fingerprint density at radius 1 is 1.05 bits per heavy atom. The molecule has 19 heavy (non-hydrogen) atoms. The van der Waals surface area contributed by atoms with Gasteiger partial charge in [0.1, 0.15) is 5.58 Å². The van der Waals surface area contributed by atoms with E-state index in [0.29, 0.717) is 0 Å². The average molecular weight is 250 g/mol. The number of carbonyl (C=O) groups is 1. The molecular weight excluding hydrogens is 236 g/mol. The van der Waals surface area contributed by atoms with Crippen molar-refractivity contribution < 1.29 is 9.21 Å². The van der Waals surface area contributed by atoms with Gasteiger partial charge in [-0.05, 0) is 23.8 Å². The summed E-state index contributed by atoms with van der Waals surface area (Å²) in [5.41, 5.74) is 2.62. The third-order valence-corrected chi connectivity index (χ3v) is 3.43. The normalized spacial score (nSPS) is 12.5. The van der Waals surface area contributed by atoms with Gasteiger partial charge in [-0.15, -0.1) is 0 Å². The minimum absolute atomic E-state index is 0.142. The number of rotatable bonds is 3. The molecule has 1 heterocycles. The lowest BCUT2D eigenvalue weighted by atomic mass is 9.92. The van der Waals surface area contributed by atoms with Gasteiger partial charge in [-0.1, -0.05) is 43.3 Å². The molecule has 2 aromatic carbocycles. The van der Waals surface area contributed by atoms with Gasteiger partial charge >= 0.3 is 0 Å². The molecule has 0 aliphatic rings. The fourth-order valence-electron chi connectivity index (χ4n) is 2.26. The van der Waals surface area contributed by atoms with Gasteiger partial charge in [0, 0.05) is 16.9 Å². The fraction of sp³-hybridized carbons (Fsp3) is 0.118. The van der Waals surface area contributed by atoms with E-state index >= 15 is 0 Å². The van der Waals surface area contributed by atoms with E-state index in [1.54, 1.807) is 6.26 Å². The third kappa shape index (κ3) is 2.17. The molecule has 0 spiro atoms. The van der Waals surface area contributed by atoms with E-state index in [4.69, 9.17) is 4.42 Å². The summed E-state index contributed by atoms with van der Waals surface area (Å²) < 4.78 is 5.31. The number of Topliss-reactive ketones (excluding diaryl/α,β-unsaturated/α-hetero) is 1. The molecule has 0 saturated carbocycles. The largest absolute Gasteiger partial charge is 0.464 e. The first-order valence-electron chi connectivity index (χ1n) is 6.32. The number of fused-ring (bicyclic) bond motifs is 1.